The molecule has 1 fully saturated rings. The van der Waals surface area contributed by atoms with Gasteiger partial charge in [0.25, 0.3) is 0 Å². The van der Waals surface area contributed by atoms with Crippen molar-refractivity contribution in [3.05, 3.63) is 45.4 Å². The van der Waals surface area contributed by atoms with E-state index in [9.17, 15) is 0 Å². The highest BCUT2D eigenvalue weighted by atomic mass is 79.9. The molecule has 1 saturated heterocycles. The molecule has 5 nitrogen and oxygen atoms in total. The number of hydrogen-bond donors (Lipinski definition) is 0. The number of ether oxygens (including phenoxy) is 1. The molecule has 2 aromatic rings. The van der Waals surface area contributed by atoms with Crippen molar-refractivity contribution in [3.63, 3.8) is 0 Å². The van der Waals surface area contributed by atoms with Gasteiger partial charge >= 0.3 is 0 Å². The van der Waals surface area contributed by atoms with Crippen LogP contribution in [0.5, 0.6) is 0 Å². The van der Waals surface area contributed by atoms with Crippen LogP contribution in [0.4, 0.5) is 0 Å². The maximum absolute atomic E-state index is 5.89. The Bertz CT molecular complexity index is 666. The van der Waals surface area contributed by atoms with Gasteiger partial charge in [-0.15, -0.1) is 0 Å². The Labute approximate surface area is 137 Å². The molecule has 1 atom stereocenters. The number of nitrogens with zero attached hydrogens (tertiary/aromatic N) is 4. The largest absolute Gasteiger partial charge is 0.371 e. The van der Waals surface area contributed by atoms with Crippen molar-refractivity contribution in [2.24, 2.45) is 7.05 Å². The number of aromatic nitrogens is 3. The van der Waals surface area contributed by atoms with Gasteiger partial charge in [-0.05, 0) is 29.9 Å². The van der Waals surface area contributed by atoms with Gasteiger partial charge in [0.05, 0.1) is 19.4 Å². The number of halogens is 1. The van der Waals surface area contributed by atoms with Crippen molar-refractivity contribution in [2.45, 2.75) is 12.8 Å². The third-order valence-electron chi connectivity index (χ3n) is 3.61. The van der Waals surface area contributed by atoms with E-state index in [4.69, 9.17) is 17.0 Å². The molecule has 1 aromatic carbocycles. The molecular weight excluding hydrogens is 352 g/mol. The third kappa shape index (κ3) is 3.42. The minimum Gasteiger partial charge on any atom is -0.371 e. The highest BCUT2D eigenvalue weighted by molar-refractivity contribution is 9.10. The lowest BCUT2D eigenvalue weighted by Gasteiger charge is -2.32. The monoisotopic (exact) mass is 368 g/mol. The first kappa shape index (κ1) is 14.9. The zero-order valence-electron chi connectivity index (χ0n) is 11.8. The summed E-state index contributed by atoms with van der Waals surface area (Å²) in [6.07, 6.45) is 1.85. The molecular formula is C14H17BrN4OS. The molecule has 0 amide bonds. The Morgan fingerprint density at radius 2 is 2.14 bits per heavy atom. The molecule has 3 rings (SSSR count). The Hall–Kier alpha value is -1.02. The summed E-state index contributed by atoms with van der Waals surface area (Å²) in [4.78, 5) is 2.32. The fourth-order valence-corrected chi connectivity index (χ4v) is 2.83. The summed E-state index contributed by atoms with van der Waals surface area (Å²) >= 11 is 8.79. The van der Waals surface area contributed by atoms with Crippen LogP contribution in [0.1, 0.15) is 11.7 Å². The summed E-state index contributed by atoms with van der Waals surface area (Å²) in [5.74, 6) is 0. The van der Waals surface area contributed by atoms with E-state index in [0.29, 0.717) is 6.67 Å². The van der Waals surface area contributed by atoms with Gasteiger partial charge in [-0.2, -0.15) is 5.10 Å². The van der Waals surface area contributed by atoms with Crippen LogP contribution in [0.3, 0.4) is 0 Å². The molecule has 0 bridgehead atoms. The molecule has 7 heteroatoms. The van der Waals surface area contributed by atoms with E-state index < -0.39 is 0 Å². The molecule has 0 saturated carbocycles. The average molecular weight is 369 g/mol. The molecule has 112 valence electrons. The fraction of sp³-hybridized carbons (Fsp3) is 0.429. The number of hydrogen-bond acceptors (Lipinski definition) is 4. The predicted octanol–water partition coefficient (Wildman–Crippen LogP) is 2.74. The normalized spacial score (nSPS) is 19.8. The van der Waals surface area contributed by atoms with Crippen LogP contribution in [0.25, 0.3) is 0 Å². The Morgan fingerprint density at radius 3 is 2.81 bits per heavy atom. The van der Waals surface area contributed by atoms with Crippen LogP contribution in [-0.2, 0) is 18.5 Å². The van der Waals surface area contributed by atoms with Crippen molar-refractivity contribution >= 4 is 28.1 Å². The van der Waals surface area contributed by atoms with E-state index in [1.807, 2.05) is 28.4 Å². The van der Waals surface area contributed by atoms with Crippen LogP contribution >= 0.6 is 28.1 Å². The van der Waals surface area contributed by atoms with Crippen molar-refractivity contribution in [3.8, 4) is 0 Å². The third-order valence-corrected chi connectivity index (χ3v) is 4.64. The summed E-state index contributed by atoms with van der Waals surface area (Å²) in [6, 6.07) is 8.30. The first-order chi connectivity index (χ1) is 10.1. The summed E-state index contributed by atoms with van der Waals surface area (Å²) in [5, 5.41) is 4.31. The molecule has 1 aliphatic heterocycles. The number of morpholine rings is 1. The minimum atomic E-state index is 0.102. The summed E-state index contributed by atoms with van der Waals surface area (Å²) in [7, 11) is 1.91. The van der Waals surface area contributed by atoms with Crippen molar-refractivity contribution in [1.82, 2.24) is 19.2 Å². The summed E-state index contributed by atoms with van der Waals surface area (Å²) in [5.41, 5.74) is 1.20. The first-order valence-corrected chi connectivity index (χ1v) is 8.01. The Kier molecular flexibility index (Phi) is 4.54. The Morgan fingerprint density at radius 1 is 1.38 bits per heavy atom. The molecule has 0 radical (unpaired) electrons. The summed E-state index contributed by atoms with van der Waals surface area (Å²) < 4.78 is 11.4. The lowest BCUT2D eigenvalue weighted by Crippen LogP contribution is -2.39. The molecule has 0 aliphatic carbocycles. The van der Waals surface area contributed by atoms with Gasteiger partial charge in [0, 0.05) is 24.6 Å². The van der Waals surface area contributed by atoms with Crippen LogP contribution in [-0.4, -0.2) is 38.9 Å². The Balaban J connectivity index is 1.69. The second kappa shape index (κ2) is 6.39. The van der Waals surface area contributed by atoms with Gasteiger partial charge in [0.1, 0.15) is 6.33 Å². The van der Waals surface area contributed by atoms with Crippen LogP contribution in [0, 0.1) is 4.77 Å². The predicted molar refractivity (Wildman–Crippen MR) is 86.4 cm³/mol. The lowest BCUT2D eigenvalue weighted by atomic mass is 10.1. The average Bonchev–Trinajstić information content (AvgIpc) is 2.80. The van der Waals surface area contributed by atoms with Gasteiger partial charge in [-0.3, -0.25) is 4.90 Å². The second-order valence-corrected chi connectivity index (χ2v) is 6.43. The van der Waals surface area contributed by atoms with Gasteiger partial charge in [0.15, 0.2) is 4.77 Å². The van der Waals surface area contributed by atoms with Crippen molar-refractivity contribution in [2.75, 3.05) is 19.7 Å². The van der Waals surface area contributed by atoms with E-state index in [1.165, 1.54) is 5.56 Å². The van der Waals surface area contributed by atoms with Gasteiger partial charge in [-0.1, -0.05) is 28.1 Å². The van der Waals surface area contributed by atoms with Crippen LogP contribution < -0.4 is 0 Å². The zero-order valence-corrected chi connectivity index (χ0v) is 14.2. The molecule has 21 heavy (non-hydrogen) atoms. The van der Waals surface area contributed by atoms with E-state index in [-0.39, 0.29) is 6.10 Å². The number of benzene rings is 1. The van der Waals surface area contributed by atoms with E-state index >= 15 is 0 Å². The van der Waals surface area contributed by atoms with E-state index in [2.05, 4.69) is 38.1 Å². The van der Waals surface area contributed by atoms with Gasteiger partial charge in [-0.25, -0.2) is 4.68 Å². The van der Waals surface area contributed by atoms with E-state index in [0.717, 1.165) is 28.9 Å². The fourth-order valence-electron chi connectivity index (χ4n) is 2.42. The maximum atomic E-state index is 5.89. The minimum absolute atomic E-state index is 0.102. The number of rotatable bonds is 3. The molecule has 1 aromatic heterocycles. The summed E-state index contributed by atoms with van der Waals surface area (Å²) in [6.45, 7) is 3.17. The standard InChI is InChI=1S/C14H17BrN4OS/c1-17-9-16-19(14(17)21)10-18-6-7-20-13(8-18)11-2-4-12(15)5-3-11/h2-5,9,13H,6-8,10H2,1H3. The van der Waals surface area contributed by atoms with E-state index in [1.54, 1.807) is 6.33 Å². The first-order valence-electron chi connectivity index (χ1n) is 6.81. The number of aryl methyl sites for hydroxylation is 1. The molecule has 0 spiro atoms. The highest BCUT2D eigenvalue weighted by Gasteiger charge is 2.22. The van der Waals surface area contributed by atoms with Crippen molar-refractivity contribution in [1.29, 1.82) is 0 Å². The quantitative estimate of drug-likeness (QED) is 0.780. The smallest absolute Gasteiger partial charge is 0.198 e. The molecule has 1 unspecified atom stereocenters. The lowest BCUT2D eigenvalue weighted by molar-refractivity contribution is -0.0419. The van der Waals surface area contributed by atoms with Gasteiger partial charge < -0.3 is 9.30 Å². The van der Waals surface area contributed by atoms with Crippen molar-refractivity contribution < 1.29 is 4.74 Å². The molecule has 0 N–H and O–H groups in total. The molecule has 2 heterocycles. The second-order valence-electron chi connectivity index (χ2n) is 5.15. The SMILES string of the molecule is Cn1cnn(CN2CCOC(c3ccc(Br)cc3)C2)c1=S. The topological polar surface area (TPSA) is 35.2 Å². The highest BCUT2D eigenvalue weighted by Crippen LogP contribution is 2.24. The maximum Gasteiger partial charge on any atom is 0.198 e. The zero-order chi connectivity index (χ0) is 14.8. The molecule has 1 aliphatic rings. The van der Waals surface area contributed by atoms with Gasteiger partial charge in [0.2, 0.25) is 0 Å². The van der Waals surface area contributed by atoms with Crippen LogP contribution in [0.2, 0.25) is 0 Å². The van der Waals surface area contributed by atoms with Crippen LogP contribution in [0.15, 0.2) is 35.1 Å².